The maximum Gasteiger partial charge on any atom is 0.326 e. The highest BCUT2D eigenvalue weighted by atomic mass is 16.4. The van der Waals surface area contributed by atoms with Crippen LogP contribution in [0, 0.1) is 0 Å². The first-order chi connectivity index (χ1) is 19.9. The predicted molar refractivity (Wildman–Crippen MR) is 156 cm³/mol. The number of benzene rings is 4. The summed E-state index contributed by atoms with van der Waals surface area (Å²) in [6.07, 6.45) is 0.807. The minimum atomic E-state index is -1.16. The van der Waals surface area contributed by atoms with Crippen molar-refractivity contribution in [3.63, 3.8) is 0 Å². The molecule has 5 rings (SSSR count). The Kier molecular flexibility index (Phi) is 8.20. The molecule has 2 unspecified atom stereocenters. The molecule has 1 aliphatic rings. The second-order valence-electron chi connectivity index (χ2n) is 9.84. The molecule has 0 saturated carbocycles. The van der Waals surface area contributed by atoms with Crippen LogP contribution < -0.4 is 15.5 Å². The van der Waals surface area contributed by atoms with E-state index in [2.05, 4.69) is 10.6 Å². The van der Waals surface area contributed by atoms with E-state index in [4.69, 9.17) is 0 Å². The number of hydrogen-bond donors (Lipinski definition) is 3. The Morgan fingerprint density at radius 2 is 1.44 bits per heavy atom. The summed E-state index contributed by atoms with van der Waals surface area (Å²) in [5.41, 5.74) is 3.38. The number of anilines is 2. The molecule has 4 aromatic carbocycles. The molecule has 0 saturated heterocycles. The highest BCUT2D eigenvalue weighted by molar-refractivity contribution is 6.13. The number of fused-ring (bicyclic) bond motifs is 1. The Morgan fingerprint density at radius 3 is 2.07 bits per heavy atom. The zero-order chi connectivity index (χ0) is 28.8. The van der Waals surface area contributed by atoms with E-state index < -0.39 is 29.9 Å². The van der Waals surface area contributed by atoms with Crippen molar-refractivity contribution in [2.45, 2.75) is 31.3 Å². The van der Waals surface area contributed by atoms with Crippen LogP contribution in [0.25, 0.3) is 0 Å². The van der Waals surface area contributed by atoms with E-state index in [1.807, 2.05) is 54.6 Å². The minimum absolute atomic E-state index is 0.117. The highest BCUT2D eigenvalue weighted by Crippen LogP contribution is 2.39. The van der Waals surface area contributed by atoms with E-state index in [0.717, 1.165) is 11.1 Å². The summed E-state index contributed by atoms with van der Waals surface area (Å²) >= 11 is 0. The zero-order valence-electron chi connectivity index (χ0n) is 22.2. The van der Waals surface area contributed by atoms with Gasteiger partial charge in [-0.05, 0) is 41.3 Å². The van der Waals surface area contributed by atoms with Gasteiger partial charge in [0.1, 0.15) is 12.1 Å². The molecule has 3 amide bonds. The van der Waals surface area contributed by atoms with Crippen molar-refractivity contribution in [1.29, 1.82) is 0 Å². The third-order valence-corrected chi connectivity index (χ3v) is 7.02. The van der Waals surface area contributed by atoms with Gasteiger partial charge in [-0.15, -0.1) is 0 Å². The molecule has 1 heterocycles. The number of carboxylic acid groups (broad SMARTS) is 1. The van der Waals surface area contributed by atoms with Crippen LogP contribution in [0.4, 0.5) is 11.4 Å². The molecule has 0 aromatic heterocycles. The van der Waals surface area contributed by atoms with Gasteiger partial charge in [0.2, 0.25) is 5.91 Å². The van der Waals surface area contributed by atoms with Gasteiger partial charge in [-0.2, -0.15) is 0 Å². The highest BCUT2D eigenvalue weighted by Gasteiger charge is 2.38. The molecule has 3 N–H and O–H groups in total. The lowest BCUT2D eigenvalue weighted by Gasteiger charge is -2.37. The fourth-order valence-electron chi connectivity index (χ4n) is 4.97. The number of carbonyl (C=O) groups excluding carboxylic acids is 3. The van der Waals surface area contributed by atoms with E-state index in [1.165, 1.54) is 17.0 Å². The van der Waals surface area contributed by atoms with Gasteiger partial charge in [-0.3, -0.25) is 19.3 Å². The van der Waals surface area contributed by atoms with Crippen molar-refractivity contribution < 1.29 is 24.3 Å². The lowest BCUT2D eigenvalue weighted by molar-refractivity contribution is -0.139. The molecule has 8 nitrogen and oxygen atoms in total. The van der Waals surface area contributed by atoms with Gasteiger partial charge in [0.05, 0.1) is 11.4 Å². The number of hydrogen-bond acceptors (Lipinski definition) is 4. The molecule has 206 valence electrons. The third kappa shape index (κ3) is 6.33. The Labute approximate surface area is 237 Å². The molecule has 2 atom stereocenters. The number of nitrogens with zero attached hydrogens (tertiary/aromatic N) is 1. The van der Waals surface area contributed by atoms with Crippen molar-refractivity contribution in [3.8, 4) is 0 Å². The van der Waals surface area contributed by atoms with Crippen LogP contribution in [0.5, 0.6) is 0 Å². The number of carbonyl (C=O) groups is 4. The number of amides is 3. The summed E-state index contributed by atoms with van der Waals surface area (Å²) in [4.78, 5) is 53.6. The van der Waals surface area contributed by atoms with Gasteiger partial charge in [0.25, 0.3) is 11.8 Å². The van der Waals surface area contributed by atoms with Crippen molar-refractivity contribution in [2.75, 3.05) is 10.2 Å². The Bertz CT molecular complexity index is 1560. The van der Waals surface area contributed by atoms with E-state index >= 15 is 0 Å². The summed E-state index contributed by atoms with van der Waals surface area (Å²) < 4.78 is 0. The van der Waals surface area contributed by atoms with Crippen LogP contribution in [-0.2, 0) is 27.2 Å². The van der Waals surface area contributed by atoms with Crippen molar-refractivity contribution in [2.24, 2.45) is 0 Å². The summed E-state index contributed by atoms with van der Waals surface area (Å²) in [5, 5.41) is 15.1. The quantitative estimate of drug-likeness (QED) is 0.279. The molecule has 41 heavy (non-hydrogen) atoms. The number of nitrogens with one attached hydrogen (secondary N) is 2. The number of rotatable bonds is 9. The minimum Gasteiger partial charge on any atom is -0.480 e. The van der Waals surface area contributed by atoms with Gasteiger partial charge in [0, 0.05) is 18.4 Å². The van der Waals surface area contributed by atoms with Crippen LogP contribution in [0.2, 0.25) is 0 Å². The number of aryl methyl sites for hydroxylation is 1. The van der Waals surface area contributed by atoms with E-state index in [-0.39, 0.29) is 24.3 Å². The molecule has 1 aliphatic heterocycles. The smallest absolute Gasteiger partial charge is 0.326 e. The molecule has 0 aliphatic carbocycles. The van der Waals surface area contributed by atoms with E-state index in [1.54, 1.807) is 42.5 Å². The first-order valence-corrected chi connectivity index (χ1v) is 13.3. The van der Waals surface area contributed by atoms with E-state index in [0.29, 0.717) is 23.4 Å². The monoisotopic (exact) mass is 547 g/mol. The molecule has 0 bridgehead atoms. The van der Waals surface area contributed by atoms with Crippen LogP contribution in [0.15, 0.2) is 109 Å². The number of carboxylic acids is 1. The van der Waals surface area contributed by atoms with Crippen LogP contribution >= 0.6 is 0 Å². The molecular formula is C33H29N3O5. The normalized spacial score (nSPS) is 14.9. The zero-order valence-corrected chi connectivity index (χ0v) is 22.2. The summed E-state index contributed by atoms with van der Waals surface area (Å²) in [7, 11) is 0. The van der Waals surface area contributed by atoms with Gasteiger partial charge in [-0.1, -0.05) is 91.0 Å². The molecule has 8 heteroatoms. The average molecular weight is 548 g/mol. The van der Waals surface area contributed by atoms with Crippen molar-refractivity contribution >= 4 is 35.1 Å². The SMILES string of the molecule is O=C(NC(Cc1ccccc1)C(=O)O)c1ccc2c(c1)NC(=O)C(c1ccccc1)N2C(=O)CCc1ccccc1. The topological polar surface area (TPSA) is 116 Å². The maximum absolute atomic E-state index is 13.7. The lowest BCUT2D eigenvalue weighted by Crippen LogP contribution is -2.45. The van der Waals surface area contributed by atoms with Crippen molar-refractivity contribution in [1.82, 2.24) is 5.32 Å². The first kappa shape index (κ1) is 27.3. The predicted octanol–water partition coefficient (Wildman–Crippen LogP) is 4.77. The maximum atomic E-state index is 13.7. The molecule has 0 radical (unpaired) electrons. The number of aliphatic carboxylic acids is 1. The second-order valence-corrected chi connectivity index (χ2v) is 9.84. The van der Waals surface area contributed by atoms with Crippen LogP contribution in [0.3, 0.4) is 0 Å². The molecule has 0 fully saturated rings. The van der Waals surface area contributed by atoms with E-state index in [9.17, 15) is 24.3 Å². The van der Waals surface area contributed by atoms with Gasteiger partial charge < -0.3 is 15.7 Å². The van der Waals surface area contributed by atoms with Gasteiger partial charge in [-0.25, -0.2) is 4.79 Å². The van der Waals surface area contributed by atoms with Crippen molar-refractivity contribution in [3.05, 3.63) is 131 Å². The summed E-state index contributed by atoms with van der Waals surface area (Å²) in [5.74, 6) is -2.39. The molecule has 4 aromatic rings. The standard InChI is InChI=1S/C33H29N3O5/c37-29(19-16-22-10-4-1-5-11-22)36-28-18-17-25(21-26(28)34-32(39)30(36)24-14-8-3-9-15-24)31(38)35-27(33(40)41)20-23-12-6-2-7-13-23/h1-15,17-18,21,27,30H,16,19-20H2,(H,34,39)(H,35,38)(H,40,41). The summed E-state index contributed by atoms with van der Waals surface area (Å²) in [6, 6.07) is 30.3. The Balaban J connectivity index is 1.42. The lowest BCUT2D eigenvalue weighted by atomic mass is 9.98. The molecule has 0 spiro atoms. The molecular weight excluding hydrogens is 518 g/mol. The van der Waals surface area contributed by atoms with Gasteiger partial charge >= 0.3 is 5.97 Å². The van der Waals surface area contributed by atoms with Gasteiger partial charge in [0.15, 0.2) is 0 Å². The largest absolute Gasteiger partial charge is 0.480 e. The average Bonchev–Trinajstić information content (AvgIpc) is 3.00. The summed E-state index contributed by atoms with van der Waals surface area (Å²) in [6.45, 7) is 0. The first-order valence-electron chi connectivity index (χ1n) is 13.3. The van der Waals surface area contributed by atoms with Crippen LogP contribution in [0.1, 0.15) is 39.5 Å². The fraction of sp³-hybridized carbons (Fsp3) is 0.152. The second kappa shape index (κ2) is 12.3. The Morgan fingerprint density at radius 1 is 0.829 bits per heavy atom. The fourth-order valence-corrected chi connectivity index (χ4v) is 4.97. The van der Waals surface area contributed by atoms with Crippen LogP contribution in [-0.4, -0.2) is 34.8 Å². The third-order valence-electron chi connectivity index (χ3n) is 7.02. The Hall–Kier alpha value is -5.24.